The Morgan fingerprint density at radius 3 is 2.54 bits per heavy atom. The second-order valence-corrected chi connectivity index (χ2v) is 6.21. The van der Waals surface area contributed by atoms with E-state index in [0.717, 1.165) is 5.69 Å². The van der Waals surface area contributed by atoms with Gasteiger partial charge in [-0.05, 0) is 42.5 Å². The molecule has 1 fully saturated rings. The lowest BCUT2D eigenvalue weighted by Gasteiger charge is -2.26. The number of ether oxygens (including phenoxy) is 1. The molecule has 0 aliphatic carbocycles. The van der Waals surface area contributed by atoms with Crippen molar-refractivity contribution in [2.24, 2.45) is 7.05 Å². The van der Waals surface area contributed by atoms with Gasteiger partial charge in [-0.25, -0.2) is 9.07 Å². The first kappa shape index (κ1) is 16.5. The normalized spacial score (nSPS) is 14.6. The quantitative estimate of drug-likeness (QED) is 0.726. The number of carbonyl (C=O) groups is 1. The molecule has 7 heteroatoms. The van der Waals surface area contributed by atoms with E-state index >= 15 is 0 Å². The fraction of sp³-hybridized carbons (Fsp3) is 0.263. The standard InChI is InChI=1S/C19H19FN4O2/c1-22-8-2-3-17(22)16-13-18(19(25)23-9-11-26-12-10-23)24(21-16)15-6-4-14(20)5-7-15/h2-8,13H,9-12H2,1H3. The van der Waals surface area contributed by atoms with Gasteiger partial charge in [0, 0.05) is 26.3 Å². The van der Waals surface area contributed by atoms with Crippen molar-refractivity contribution >= 4 is 5.91 Å². The number of hydrogen-bond donors (Lipinski definition) is 0. The minimum atomic E-state index is -0.329. The summed E-state index contributed by atoms with van der Waals surface area (Å²) in [6, 6.07) is 11.6. The average molecular weight is 354 g/mol. The van der Waals surface area contributed by atoms with Crippen molar-refractivity contribution in [1.29, 1.82) is 0 Å². The molecule has 4 rings (SSSR count). The lowest BCUT2D eigenvalue weighted by molar-refractivity contribution is 0.0297. The monoisotopic (exact) mass is 354 g/mol. The van der Waals surface area contributed by atoms with Gasteiger partial charge in [0.25, 0.3) is 5.91 Å². The Morgan fingerprint density at radius 2 is 1.88 bits per heavy atom. The van der Waals surface area contributed by atoms with Crippen molar-refractivity contribution in [1.82, 2.24) is 19.2 Å². The maximum Gasteiger partial charge on any atom is 0.272 e. The molecule has 134 valence electrons. The minimum Gasteiger partial charge on any atom is -0.378 e. The van der Waals surface area contributed by atoms with Gasteiger partial charge in [0.15, 0.2) is 0 Å². The van der Waals surface area contributed by atoms with Crippen molar-refractivity contribution in [3.05, 3.63) is 60.2 Å². The molecule has 0 spiro atoms. The van der Waals surface area contributed by atoms with Crippen LogP contribution in [0.25, 0.3) is 17.1 Å². The third-order valence-corrected chi connectivity index (χ3v) is 4.50. The van der Waals surface area contributed by atoms with Crippen LogP contribution in [0.2, 0.25) is 0 Å². The highest BCUT2D eigenvalue weighted by molar-refractivity contribution is 5.94. The lowest BCUT2D eigenvalue weighted by Crippen LogP contribution is -2.41. The largest absolute Gasteiger partial charge is 0.378 e. The number of nitrogens with zero attached hydrogens (tertiary/aromatic N) is 4. The fourth-order valence-corrected chi connectivity index (χ4v) is 3.09. The molecule has 6 nitrogen and oxygen atoms in total. The zero-order chi connectivity index (χ0) is 18.1. The maximum atomic E-state index is 13.3. The van der Waals surface area contributed by atoms with E-state index in [1.54, 1.807) is 27.8 Å². The summed E-state index contributed by atoms with van der Waals surface area (Å²) in [7, 11) is 1.93. The van der Waals surface area contributed by atoms with E-state index in [1.165, 1.54) is 12.1 Å². The molecule has 26 heavy (non-hydrogen) atoms. The molecular formula is C19H19FN4O2. The molecule has 3 aromatic rings. The van der Waals surface area contributed by atoms with Gasteiger partial charge < -0.3 is 14.2 Å². The van der Waals surface area contributed by atoms with Crippen molar-refractivity contribution < 1.29 is 13.9 Å². The van der Waals surface area contributed by atoms with Crippen LogP contribution in [-0.4, -0.2) is 51.5 Å². The highest BCUT2D eigenvalue weighted by atomic mass is 19.1. The van der Waals surface area contributed by atoms with Gasteiger partial charge in [-0.2, -0.15) is 5.10 Å². The van der Waals surface area contributed by atoms with E-state index in [1.807, 2.05) is 29.9 Å². The molecule has 1 amide bonds. The van der Waals surface area contributed by atoms with Gasteiger partial charge in [-0.1, -0.05) is 0 Å². The van der Waals surface area contributed by atoms with Gasteiger partial charge in [-0.15, -0.1) is 0 Å². The molecule has 0 saturated carbocycles. The predicted octanol–water partition coefficient (Wildman–Crippen LogP) is 2.49. The summed E-state index contributed by atoms with van der Waals surface area (Å²) in [6.07, 6.45) is 1.93. The Kier molecular flexibility index (Phi) is 4.30. The number of halogens is 1. The van der Waals surface area contributed by atoms with Gasteiger partial charge in [-0.3, -0.25) is 4.79 Å². The highest BCUT2D eigenvalue weighted by Gasteiger charge is 2.24. The van der Waals surface area contributed by atoms with Crippen molar-refractivity contribution in [3.63, 3.8) is 0 Å². The second kappa shape index (κ2) is 6.76. The molecular weight excluding hydrogens is 335 g/mol. The Bertz CT molecular complexity index is 923. The number of rotatable bonds is 3. The molecule has 1 aromatic carbocycles. The summed E-state index contributed by atoms with van der Waals surface area (Å²) in [5.74, 6) is -0.435. The first-order chi connectivity index (χ1) is 12.6. The molecule has 1 aliphatic heterocycles. The van der Waals surface area contributed by atoms with E-state index in [2.05, 4.69) is 5.10 Å². The average Bonchev–Trinajstić information content (AvgIpc) is 3.28. The number of carbonyl (C=O) groups excluding carboxylic acids is 1. The number of hydrogen-bond acceptors (Lipinski definition) is 3. The number of aromatic nitrogens is 3. The van der Waals surface area contributed by atoms with Crippen LogP contribution in [0.4, 0.5) is 4.39 Å². The number of benzene rings is 1. The van der Waals surface area contributed by atoms with E-state index in [4.69, 9.17) is 4.74 Å². The predicted molar refractivity (Wildman–Crippen MR) is 94.7 cm³/mol. The zero-order valence-electron chi connectivity index (χ0n) is 14.4. The van der Waals surface area contributed by atoms with Crippen LogP contribution < -0.4 is 0 Å². The highest BCUT2D eigenvalue weighted by Crippen LogP contribution is 2.23. The Morgan fingerprint density at radius 1 is 1.15 bits per heavy atom. The molecule has 0 bridgehead atoms. The molecule has 1 aliphatic rings. The van der Waals surface area contributed by atoms with Crippen LogP contribution >= 0.6 is 0 Å². The number of morpholine rings is 1. The topological polar surface area (TPSA) is 52.3 Å². The van der Waals surface area contributed by atoms with Gasteiger partial charge >= 0.3 is 0 Å². The van der Waals surface area contributed by atoms with Crippen LogP contribution in [0.3, 0.4) is 0 Å². The van der Waals surface area contributed by atoms with Crippen LogP contribution in [0, 0.1) is 5.82 Å². The summed E-state index contributed by atoms with van der Waals surface area (Å²) in [5.41, 5.74) is 2.69. The first-order valence-corrected chi connectivity index (χ1v) is 8.48. The van der Waals surface area contributed by atoms with E-state index in [9.17, 15) is 9.18 Å². The van der Waals surface area contributed by atoms with Gasteiger partial charge in [0.1, 0.15) is 17.2 Å². The summed E-state index contributed by atoms with van der Waals surface area (Å²) in [4.78, 5) is 14.8. The van der Waals surface area contributed by atoms with E-state index in [0.29, 0.717) is 43.4 Å². The van der Waals surface area contributed by atoms with E-state index in [-0.39, 0.29) is 11.7 Å². The van der Waals surface area contributed by atoms with Crippen LogP contribution in [0.5, 0.6) is 0 Å². The fourth-order valence-electron chi connectivity index (χ4n) is 3.09. The molecule has 0 radical (unpaired) electrons. The van der Waals surface area contributed by atoms with Crippen molar-refractivity contribution in [3.8, 4) is 17.1 Å². The number of aryl methyl sites for hydroxylation is 1. The zero-order valence-corrected chi connectivity index (χ0v) is 14.4. The van der Waals surface area contributed by atoms with Gasteiger partial charge in [0.2, 0.25) is 0 Å². The van der Waals surface area contributed by atoms with Crippen molar-refractivity contribution in [2.45, 2.75) is 0 Å². The third-order valence-electron chi connectivity index (χ3n) is 4.50. The molecule has 2 aromatic heterocycles. The van der Waals surface area contributed by atoms with Crippen LogP contribution in [0.15, 0.2) is 48.7 Å². The summed E-state index contributed by atoms with van der Waals surface area (Å²) in [6.45, 7) is 2.15. The Hall–Kier alpha value is -2.93. The Balaban J connectivity index is 1.79. The SMILES string of the molecule is Cn1cccc1-c1cc(C(=O)N2CCOCC2)n(-c2ccc(F)cc2)n1. The minimum absolute atomic E-state index is 0.106. The summed E-state index contributed by atoms with van der Waals surface area (Å²) >= 11 is 0. The Labute approximate surface area is 150 Å². The van der Waals surface area contributed by atoms with Gasteiger partial charge in [0.05, 0.1) is 24.6 Å². The molecule has 0 N–H and O–H groups in total. The molecule has 0 unspecified atom stereocenters. The smallest absolute Gasteiger partial charge is 0.272 e. The van der Waals surface area contributed by atoms with E-state index < -0.39 is 0 Å². The van der Waals surface area contributed by atoms with Crippen molar-refractivity contribution in [2.75, 3.05) is 26.3 Å². The summed E-state index contributed by atoms with van der Waals surface area (Å²) in [5, 5.41) is 4.62. The third kappa shape index (κ3) is 3.01. The molecule has 0 atom stereocenters. The lowest BCUT2D eigenvalue weighted by atomic mass is 10.2. The molecule has 1 saturated heterocycles. The molecule has 3 heterocycles. The number of amides is 1. The first-order valence-electron chi connectivity index (χ1n) is 8.48. The maximum absolute atomic E-state index is 13.3. The summed E-state index contributed by atoms with van der Waals surface area (Å²) < 4.78 is 22.2. The second-order valence-electron chi connectivity index (χ2n) is 6.21. The van der Waals surface area contributed by atoms with Crippen LogP contribution in [0.1, 0.15) is 10.5 Å². The van der Waals surface area contributed by atoms with Crippen LogP contribution in [-0.2, 0) is 11.8 Å².